The van der Waals surface area contributed by atoms with Gasteiger partial charge in [0.15, 0.2) is 0 Å². The zero-order chi connectivity index (χ0) is 17.9. The first-order chi connectivity index (χ1) is 12.7. The Labute approximate surface area is 156 Å². The highest BCUT2D eigenvalue weighted by Gasteiger charge is 2.15. The standard InChI is InChI=1S/C20H21N3O2S/c1-13-22-18(17-8-11-26-20(17)23-13)15-2-4-16(5-3-15)19(24)21-12-14-6-9-25-10-7-14/h2-5,8,11,14H,6-7,9-10,12H2,1H3,(H,21,24). The number of hydrogen-bond acceptors (Lipinski definition) is 5. The third-order valence-electron chi connectivity index (χ3n) is 4.75. The van der Waals surface area contributed by atoms with Crippen molar-refractivity contribution in [3.63, 3.8) is 0 Å². The minimum Gasteiger partial charge on any atom is -0.381 e. The number of carbonyl (C=O) groups excluding carboxylic acids is 1. The van der Waals surface area contributed by atoms with Gasteiger partial charge in [-0.15, -0.1) is 11.3 Å². The predicted octanol–water partition coefficient (Wildman–Crippen LogP) is 3.82. The molecule has 134 valence electrons. The molecule has 2 aromatic heterocycles. The van der Waals surface area contributed by atoms with Crippen LogP contribution in [0, 0.1) is 12.8 Å². The zero-order valence-corrected chi connectivity index (χ0v) is 15.5. The van der Waals surface area contributed by atoms with E-state index in [4.69, 9.17) is 4.74 Å². The van der Waals surface area contributed by atoms with E-state index >= 15 is 0 Å². The van der Waals surface area contributed by atoms with Crippen LogP contribution < -0.4 is 5.32 Å². The summed E-state index contributed by atoms with van der Waals surface area (Å²) in [4.78, 5) is 22.5. The molecule has 1 N–H and O–H groups in total. The van der Waals surface area contributed by atoms with Gasteiger partial charge in [0.05, 0.1) is 5.69 Å². The third kappa shape index (κ3) is 3.61. The average Bonchev–Trinajstić information content (AvgIpc) is 3.15. The van der Waals surface area contributed by atoms with Crippen LogP contribution in [0.15, 0.2) is 35.7 Å². The van der Waals surface area contributed by atoms with Crippen LogP contribution in [0.3, 0.4) is 0 Å². The molecule has 0 saturated carbocycles. The molecule has 0 bridgehead atoms. The maximum Gasteiger partial charge on any atom is 0.251 e. The Kier molecular flexibility index (Phi) is 4.95. The van der Waals surface area contributed by atoms with Crippen LogP contribution in [0.25, 0.3) is 21.5 Å². The highest BCUT2D eigenvalue weighted by atomic mass is 32.1. The number of aromatic nitrogens is 2. The van der Waals surface area contributed by atoms with E-state index in [1.807, 2.05) is 42.6 Å². The molecule has 5 nitrogen and oxygen atoms in total. The van der Waals surface area contributed by atoms with Crippen LogP contribution in [0.1, 0.15) is 29.0 Å². The third-order valence-corrected chi connectivity index (χ3v) is 5.56. The van der Waals surface area contributed by atoms with Crippen LogP contribution in [0.2, 0.25) is 0 Å². The Morgan fingerprint density at radius 3 is 2.73 bits per heavy atom. The quantitative estimate of drug-likeness (QED) is 0.761. The maximum absolute atomic E-state index is 12.4. The van der Waals surface area contributed by atoms with E-state index in [0.717, 1.165) is 53.4 Å². The first-order valence-corrected chi connectivity index (χ1v) is 9.77. The van der Waals surface area contributed by atoms with Crippen LogP contribution in [-0.2, 0) is 4.74 Å². The molecule has 0 aliphatic carbocycles. The monoisotopic (exact) mass is 367 g/mol. The number of aryl methyl sites for hydroxylation is 1. The van der Waals surface area contributed by atoms with Gasteiger partial charge in [-0.05, 0) is 49.3 Å². The van der Waals surface area contributed by atoms with E-state index in [1.54, 1.807) is 11.3 Å². The van der Waals surface area contributed by atoms with Gasteiger partial charge in [-0.1, -0.05) is 12.1 Å². The fourth-order valence-corrected chi connectivity index (χ4v) is 4.06. The number of hydrogen-bond donors (Lipinski definition) is 1. The number of nitrogens with zero attached hydrogens (tertiary/aromatic N) is 2. The zero-order valence-electron chi connectivity index (χ0n) is 14.7. The molecule has 26 heavy (non-hydrogen) atoms. The van der Waals surface area contributed by atoms with Gasteiger partial charge in [-0.2, -0.15) is 0 Å². The summed E-state index contributed by atoms with van der Waals surface area (Å²) in [5, 5.41) is 6.13. The minimum absolute atomic E-state index is 0.0254. The van der Waals surface area contributed by atoms with E-state index in [9.17, 15) is 4.79 Å². The summed E-state index contributed by atoms with van der Waals surface area (Å²) >= 11 is 1.61. The fraction of sp³-hybridized carbons (Fsp3) is 0.350. The summed E-state index contributed by atoms with van der Waals surface area (Å²) in [5.74, 6) is 1.25. The smallest absolute Gasteiger partial charge is 0.251 e. The van der Waals surface area contributed by atoms with Crippen LogP contribution in [0.5, 0.6) is 0 Å². The summed E-state index contributed by atoms with van der Waals surface area (Å²) < 4.78 is 5.36. The SMILES string of the molecule is Cc1nc(-c2ccc(C(=O)NCC3CCOCC3)cc2)c2ccsc2n1. The highest BCUT2D eigenvalue weighted by molar-refractivity contribution is 7.16. The summed E-state index contributed by atoms with van der Waals surface area (Å²) in [7, 11) is 0. The van der Waals surface area contributed by atoms with Crippen LogP contribution in [0.4, 0.5) is 0 Å². The van der Waals surface area contributed by atoms with E-state index in [1.165, 1.54) is 0 Å². The van der Waals surface area contributed by atoms with Crippen LogP contribution in [-0.4, -0.2) is 35.6 Å². The first kappa shape index (κ1) is 17.1. The number of rotatable bonds is 4. The Balaban J connectivity index is 1.49. The molecule has 6 heteroatoms. The van der Waals surface area contributed by atoms with Crippen molar-refractivity contribution in [2.75, 3.05) is 19.8 Å². The first-order valence-electron chi connectivity index (χ1n) is 8.89. The van der Waals surface area contributed by atoms with E-state index in [0.29, 0.717) is 18.0 Å². The van der Waals surface area contributed by atoms with Gasteiger partial charge in [-0.25, -0.2) is 9.97 Å². The number of nitrogens with one attached hydrogen (secondary N) is 1. The molecule has 0 spiro atoms. The molecule has 0 unspecified atom stereocenters. The van der Waals surface area contributed by atoms with Gasteiger partial charge in [0.1, 0.15) is 10.7 Å². The second-order valence-electron chi connectivity index (χ2n) is 6.60. The molecule has 1 aliphatic heterocycles. The lowest BCUT2D eigenvalue weighted by molar-refractivity contribution is 0.0642. The second-order valence-corrected chi connectivity index (χ2v) is 7.50. The van der Waals surface area contributed by atoms with E-state index < -0.39 is 0 Å². The van der Waals surface area contributed by atoms with Gasteiger partial charge in [0.25, 0.3) is 5.91 Å². The molecule has 0 radical (unpaired) electrons. The van der Waals surface area contributed by atoms with Crippen molar-refractivity contribution in [1.82, 2.24) is 15.3 Å². The second kappa shape index (κ2) is 7.51. The van der Waals surface area contributed by atoms with Gasteiger partial charge in [0, 0.05) is 36.3 Å². The fourth-order valence-electron chi connectivity index (χ4n) is 3.25. The predicted molar refractivity (Wildman–Crippen MR) is 103 cm³/mol. The highest BCUT2D eigenvalue weighted by Crippen LogP contribution is 2.29. The number of carbonyl (C=O) groups is 1. The van der Waals surface area contributed by atoms with E-state index in [-0.39, 0.29) is 5.91 Å². The number of ether oxygens (including phenoxy) is 1. The summed E-state index contributed by atoms with van der Waals surface area (Å²) in [6, 6.07) is 9.70. The topological polar surface area (TPSA) is 64.1 Å². The van der Waals surface area contributed by atoms with Crippen LogP contribution >= 0.6 is 11.3 Å². The van der Waals surface area contributed by atoms with Crippen molar-refractivity contribution >= 4 is 27.5 Å². The van der Waals surface area contributed by atoms with Crippen molar-refractivity contribution in [3.8, 4) is 11.3 Å². The van der Waals surface area contributed by atoms with Crippen molar-refractivity contribution < 1.29 is 9.53 Å². The Morgan fingerprint density at radius 1 is 1.19 bits per heavy atom. The van der Waals surface area contributed by atoms with Crippen molar-refractivity contribution in [2.45, 2.75) is 19.8 Å². The lowest BCUT2D eigenvalue weighted by Gasteiger charge is -2.22. The van der Waals surface area contributed by atoms with Gasteiger partial charge < -0.3 is 10.1 Å². The maximum atomic E-state index is 12.4. The Morgan fingerprint density at radius 2 is 1.96 bits per heavy atom. The van der Waals surface area contributed by atoms with Crippen molar-refractivity contribution in [3.05, 3.63) is 47.1 Å². The molecule has 3 aromatic rings. The summed E-state index contributed by atoms with van der Waals surface area (Å²) in [6.45, 7) is 4.21. The van der Waals surface area contributed by atoms with Crippen molar-refractivity contribution in [2.24, 2.45) is 5.92 Å². The number of thiophene rings is 1. The summed E-state index contributed by atoms with van der Waals surface area (Å²) in [5.41, 5.74) is 2.59. The number of fused-ring (bicyclic) bond motifs is 1. The molecule has 1 saturated heterocycles. The normalized spacial score (nSPS) is 15.3. The molecule has 1 amide bonds. The van der Waals surface area contributed by atoms with E-state index in [2.05, 4.69) is 15.3 Å². The number of benzene rings is 1. The largest absolute Gasteiger partial charge is 0.381 e. The molecule has 1 aromatic carbocycles. The van der Waals surface area contributed by atoms with Gasteiger partial charge in [0.2, 0.25) is 0 Å². The molecule has 1 aliphatic rings. The molecular weight excluding hydrogens is 346 g/mol. The van der Waals surface area contributed by atoms with Crippen molar-refractivity contribution in [1.29, 1.82) is 0 Å². The van der Waals surface area contributed by atoms with Gasteiger partial charge >= 0.3 is 0 Å². The Bertz CT molecular complexity index is 914. The number of amides is 1. The molecule has 3 heterocycles. The molecule has 4 rings (SSSR count). The Hall–Kier alpha value is -2.31. The molecule has 0 atom stereocenters. The minimum atomic E-state index is -0.0254. The van der Waals surface area contributed by atoms with Gasteiger partial charge in [-0.3, -0.25) is 4.79 Å². The lowest BCUT2D eigenvalue weighted by atomic mass is 10.0. The average molecular weight is 367 g/mol. The summed E-state index contributed by atoms with van der Waals surface area (Å²) in [6.07, 6.45) is 2.03. The lowest BCUT2D eigenvalue weighted by Crippen LogP contribution is -2.32. The molecule has 1 fully saturated rings. The molecular formula is C20H21N3O2S.